The summed E-state index contributed by atoms with van der Waals surface area (Å²) in [6.07, 6.45) is 2.97. The summed E-state index contributed by atoms with van der Waals surface area (Å²) in [5.74, 6) is 0.462. The molecule has 0 saturated carbocycles. The van der Waals surface area contributed by atoms with Gasteiger partial charge in [-0.1, -0.05) is 65.7 Å². The second-order valence-electron chi connectivity index (χ2n) is 10.3. The molecule has 2 aromatic heterocycles. The van der Waals surface area contributed by atoms with Crippen molar-refractivity contribution < 1.29 is 57.2 Å². The van der Waals surface area contributed by atoms with Crippen molar-refractivity contribution in [1.82, 2.24) is 29.9 Å². The van der Waals surface area contributed by atoms with Crippen molar-refractivity contribution in [3.8, 4) is 0 Å². The van der Waals surface area contributed by atoms with E-state index >= 15 is 0 Å². The molecular weight excluding hydrogens is 778 g/mol. The van der Waals surface area contributed by atoms with Gasteiger partial charge in [0.25, 0.3) is 0 Å². The third-order valence-corrected chi connectivity index (χ3v) is 8.57. The molecule has 0 amide bonds. The number of para-hydroxylation sites is 2. The van der Waals surface area contributed by atoms with E-state index in [0.717, 1.165) is 11.8 Å². The fourth-order valence-electron chi connectivity index (χ4n) is 4.50. The third kappa shape index (κ3) is 11.5. The zero-order chi connectivity index (χ0) is 36.5. The summed E-state index contributed by atoms with van der Waals surface area (Å²) >= 11 is 12.9. The molecule has 0 radical (unpaired) electrons. The van der Waals surface area contributed by atoms with Crippen molar-refractivity contribution in [1.29, 1.82) is 0 Å². The van der Waals surface area contributed by atoms with Gasteiger partial charge in [0.05, 0.1) is 16.9 Å². The zero-order valence-electron chi connectivity index (χ0n) is 27.1. The Morgan fingerprint density at radius 1 is 0.623 bits per heavy atom. The number of rotatable bonds is 14. The molecule has 0 spiro atoms. The topological polar surface area (TPSA) is 221 Å². The molecule has 0 fully saturated rings. The van der Waals surface area contributed by atoms with E-state index < -0.39 is 15.0 Å². The summed E-state index contributed by atoms with van der Waals surface area (Å²) in [6, 6.07) is 27.4. The van der Waals surface area contributed by atoms with E-state index in [1.807, 2.05) is 48.5 Å². The van der Waals surface area contributed by atoms with Gasteiger partial charge in [0.2, 0.25) is 34.4 Å². The minimum atomic E-state index is -4.96. The molecule has 16 nitrogen and oxygen atoms in total. The molecule has 0 saturated heterocycles. The van der Waals surface area contributed by atoms with Gasteiger partial charge in [-0.3, -0.25) is 0 Å². The summed E-state index contributed by atoms with van der Waals surface area (Å²) in [5.41, 5.74) is 2.68. The maximum atomic E-state index is 12.4. The standard InChI is InChI=1S/C32H24Cl2N10O6S2.Na/c33-27-39-29(35-21-7-3-1-4-8-21)43-31(41-27)37-23-15-13-19(25(17-23)51-50-49-45)11-12-20-14-16-24(18-26(20)52(46,47)48)38-32-42-28(34)40-30(44-32)36-22-9-5-2-6-10-22;/h1-18,45H,(H,46,47,48)(H2,35,37,39,41,43)(H2,36,38,40,42,44);/q;+1/p-1/b12-11+;. The van der Waals surface area contributed by atoms with E-state index in [9.17, 15) is 13.0 Å². The third-order valence-electron chi connectivity index (χ3n) is 6.68. The number of benzene rings is 4. The Hall–Kier alpha value is -4.44. The fraction of sp³-hybridized carbons (Fsp3) is 0. The van der Waals surface area contributed by atoms with Crippen LogP contribution >= 0.6 is 35.2 Å². The Balaban J connectivity index is 0.00000541. The maximum absolute atomic E-state index is 12.4. The molecule has 0 atom stereocenters. The van der Waals surface area contributed by atoms with Crippen molar-refractivity contribution in [2.75, 3.05) is 21.3 Å². The number of hydrogen-bond acceptors (Lipinski definition) is 17. The van der Waals surface area contributed by atoms with Gasteiger partial charge in [-0.15, -0.1) is 4.33 Å². The summed E-state index contributed by atoms with van der Waals surface area (Å²) in [5, 5.41) is 24.3. The minimum Gasteiger partial charge on any atom is -0.744 e. The predicted molar refractivity (Wildman–Crippen MR) is 196 cm³/mol. The summed E-state index contributed by atoms with van der Waals surface area (Å²) in [7, 11) is -4.96. The number of anilines is 8. The molecule has 0 unspecified atom stereocenters. The molecule has 6 rings (SSSR count). The smallest absolute Gasteiger partial charge is 0.744 e. The first-order chi connectivity index (χ1) is 25.1. The molecule has 0 aliphatic rings. The predicted octanol–water partition coefficient (Wildman–Crippen LogP) is 4.84. The fourth-order valence-corrected chi connectivity index (χ4v) is 6.03. The van der Waals surface area contributed by atoms with E-state index in [-0.39, 0.29) is 75.2 Å². The summed E-state index contributed by atoms with van der Waals surface area (Å²) in [4.78, 5) is 24.8. The van der Waals surface area contributed by atoms with E-state index in [1.54, 1.807) is 36.4 Å². The second kappa shape index (κ2) is 18.5. The van der Waals surface area contributed by atoms with Crippen LogP contribution in [0, 0.1) is 0 Å². The van der Waals surface area contributed by atoms with Crippen molar-refractivity contribution in [2.24, 2.45) is 0 Å². The van der Waals surface area contributed by atoms with Gasteiger partial charge in [0.1, 0.15) is 10.1 Å². The average molecular weight is 802 g/mol. The van der Waals surface area contributed by atoms with Crippen LogP contribution in [0.4, 0.5) is 46.5 Å². The molecule has 21 heteroatoms. The SMILES string of the molecule is O=S(=O)([O-])c1cc(Nc2nc(Cl)nc(Nc3ccccc3)n2)ccc1/C=C/c1ccc(Nc2nc(Cl)nc(Nc3ccccc3)n2)cc1SOOO.[Na+]. The van der Waals surface area contributed by atoms with E-state index in [1.165, 1.54) is 18.2 Å². The monoisotopic (exact) mass is 800 g/mol. The van der Waals surface area contributed by atoms with Crippen LogP contribution in [0.3, 0.4) is 0 Å². The first-order valence-corrected chi connectivity index (χ1v) is 17.6. The molecule has 6 aromatic rings. The minimum absolute atomic E-state index is 0. The van der Waals surface area contributed by atoms with Crippen LogP contribution in [0.15, 0.2) is 107 Å². The van der Waals surface area contributed by atoms with Crippen molar-refractivity contribution in [2.45, 2.75) is 9.79 Å². The molecule has 2 heterocycles. The molecule has 0 bridgehead atoms. The van der Waals surface area contributed by atoms with Gasteiger partial charge in [-0.05, 0) is 82.9 Å². The number of nitrogens with one attached hydrogen (secondary N) is 4. The molecule has 4 aromatic carbocycles. The molecule has 5 N–H and O–H groups in total. The number of aromatic nitrogens is 6. The molecule has 264 valence electrons. The van der Waals surface area contributed by atoms with E-state index in [4.69, 9.17) is 28.5 Å². The van der Waals surface area contributed by atoms with Gasteiger partial charge >= 0.3 is 29.6 Å². The Labute approximate surface area is 338 Å². The van der Waals surface area contributed by atoms with Crippen LogP contribution in [0.5, 0.6) is 0 Å². The van der Waals surface area contributed by atoms with Crippen molar-refractivity contribution in [3.05, 3.63) is 119 Å². The number of halogens is 2. The van der Waals surface area contributed by atoms with Crippen LogP contribution in [0.1, 0.15) is 11.1 Å². The average Bonchev–Trinajstić information content (AvgIpc) is 3.10. The van der Waals surface area contributed by atoms with E-state index in [2.05, 4.69) is 60.5 Å². The van der Waals surface area contributed by atoms with Crippen molar-refractivity contribution in [3.63, 3.8) is 0 Å². The van der Waals surface area contributed by atoms with Gasteiger partial charge < -0.3 is 25.8 Å². The Bertz CT molecular complexity index is 2340. The van der Waals surface area contributed by atoms with Gasteiger partial charge in [0, 0.05) is 27.6 Å². The van der Waals surface area contributed by atoms with Crippen LogP contribution in [0.2, 0.25) is 10.6 Å². The van der Waals surface area contributed by atoms with Crippen LogP contribution in [-0.2, 0) is 19.5 Å². The quantitative estimate of drug-likeness (QED) is 0.0248. The zero-order valence-corrected chi connectivity index (χ0v) is 32.3. The maximum Gasteiger partial charge on any atom is 1.00 e. The first-order valence-electron chi connectivity index (χ1n) is 14.7. The molecule has 0 aliphatic carbocycles. The Kier molecular flexibility index (Phi) is 13.9. The molecular formula is C32H23Cl2N10NaO6S2. The second-order valence-corrected chi connectivity index (χ2v) is 13.0. The van der Waals surface area contributed by atoms with Crippen LogP contribution in [0.25, 0.3) is 12.2 Å². The largest absolute Gasteiger partial charge is 1.00 e. The first kappa shape index (κ1) is 39.8. The number of hydrogen-bond donors (Lipinski definition) is 5. The number of nitrogens with zero attached hydrogens (tertiary/aromatic N) is 6. The molecule has 0 aliphatic heterocycles. The summed E-state index contributed by atoms with van der Waals surface area (Å²) < 4.78 is 41.8. The van der Waals surface area contributed by atoms with Crippen LogP contribution < -0.4 is 50.8 Å². The van der Waals surface area contributed by atoms with Gasteiger partial charge in [-0.2, -0.15) is 29.9 Å². The van der Waals surface area contributed by atoms with E-state index in [0.29, 0.717) is 33.9 Å². The Morgan fingerprint density at radius 3 is 1.53 bits per heavy atom. The van der Waals surface area contributed by atoms with Gasteiger partial charge in [-0.25, -0.2) is 13.7 Å². The molecule has 53 heavy (non-hydrogen) atoms. The van der Waals surface area contributed by atoms with Gasteiger partial charge in [0.15, 0.2) is 0 Å². The van der Waals surface area contributed by atoms with Crippen LogP contribution in [-0.4, -0.2) is 48.1 Å². The normalized spacial score (nSPS) is 11.2. The van der Waals surface area contributed by atoms with Crippen molar-refractivity contribution >= 4 is 104 Å². The summed E-state index contributed by atoms with van der Waals surface area (Å²) in [6.45, 7) is 0. The Morgan fingerprint density at radius 2 is 1.06 bits per heavy atom.